The second-order valence-electron chi connectivity index (χ2n) is 11.7. The molecule has 3 N–H and O–H groups in total. The van der Waals surface area contributed by atoms with Crippen LogP contribution in [0.4, 0.5) is 10.5 Å². The average Bonchev–Trinajstić information content (AvgIpc) is 2.96. The lowest BCUT2D eigenvalue weighted by Crippen LogP contribution is -2.51. The van der Waals surface area contributed by atoms with Crippen LogP contribution in [0.15, 0.2) is 84.9 Å². The van der Waals surface area contributed by atoms with Crippen molar-refractivity contribution in [3.63, 3.8) is 0 Å². The first-order valence-corrected chi connectivity index (χ1v) is 14.3. The maximum absolute atomic E-state index is 14.3. The van der Waals surface area contributed by atoms with E-state index in [4.69, 9.17) is 11.2 Å². The lowest BCUT2D eigenvalue weighted by Gasteiger charge is -2.31. The Balaban J connectivity index is 1.74. The van der Waals surface area contributed by atoms with Gasteiger partial charge in [0, 0.05) is 18.2 Å². The van der Waals surface area contributed by atoms with Crippen LogP contribution in [0.5, 0.6) is 5.75 Å². The molecule has 0 spiro atoms. The van der Waals surface area contributed by atoms with E-state index < -0.39 is 35.6 Å². The van der Waals surface area contributed by atoms with Gasteiger partial charge >= 0.3 is 6.09 Å². The minimum absolute atomic E-state index is 0.0301. The predicted molar refractivity (Wildman–Crippen MR) is 172 cm³/mol. The molecule has 0 aliphatic heterocycles. The first kappa shape index (κ1) is 31.6. The molecule has 4 aromatic rings. The van der Waals surface area contributed by atoms with E-state index in [1.807, 2.05) is 68.4 Å². The summed E-state index contributed by atoms with van der Waals surface area (Å²) in [5.74, 6) is -1.13. The molecule has 0 aliphatic carbocycles. The summed E-state index contributed by atoms with van der Waals surface area (Å²) in [5.41, 5.74) is 2.57. The van der Waals surface area contributed by atoms with Crippen molar-refractivity contribution in [2.75, 3.05) is 5.32 Å². The molecule has 0 bridgehead atoms. The highest BCUT2D eigenvalue weighted by Crippen LogP contribution is 2.29. The Labute approximate surface area is 258 Å². The number of carbonyl (C=O) groups excluding carboxylic acids is 3. The van der Waals surface area contributed by atoms with Crippen LogP contribution in [0, 0.1) is 26.3 Å². The number of nitrogens with one attached hydrogen (secondary N) is 2. The number of hydrogen-bond acceptors (Lipinski definition) is 5. The summed E-state index contributed by atoms with van der Waals surface area (Å²) in [6.45, 7) is 8.87. The second-order valence-corrected chi connectivity index (χ2v) is 11.7. The van der Waals surface area contributed by atoms with E-state index in [1.54, 1.807) is 39.0 Å². The van der Waals surface area contributed by atoms with Gasteiger partial charge in [-0.05, 0) is 86.3 Å². The van der Waals surface area contributed by atoms with Gasteiger partial charge in [-0.25, -0.2) is 4.79 Å². The van der Waals surface area contributed by atoms with Gasteiger partial charge in [0.2, 0.25) is 0 Å². The normalized spacial score (nSPS) is 12.5. The number of benzene rings is 4. The fraction of sp³-hybridized carbons (Fsp3) is 0.250. The van der Waals surface area contributed by atoms with Crippen molar-refractivity contribution in [2.45, 2.75) is 58.7 Å². The highest BCUT2D eigenvalue weighted by atomic mass is 16.6. The van der Waals surface area contributed by atoms with Crippen molar-refractivity contribution in [1.29, 1.82) is 0 Å². The number of terminal acetylenes is 1. The van der Waals surface area contributed by atoms with Crippen LogP contribution in [0.1, 0.15) is 49.1 Å². The minimum Gasteiger partial charge on any atom is -0.508 e. The van der Waals surface area contributed by atoms with E-state index in [-0.39, 0.29) is 12.2 Å². The minimum atomic E-state index is -1.22. The summed E-state index contributed by atoms with van der Waals surface area (Å²) in [4.78, 5) is 42.3. The summed E-state index contributed by atoms with van der Waals surface area (Å²) in [7, 11) is 0. The van der Waals surface area contributed by atoms with Gasteiger partial charge in [0.15, 0.2) is 0 Å². The van der Waals surface area contributed by atoms with E-state index in [2.05, 4.69) is 16.7 Å². The van der Waals surface area contributed by atoms with E-state index in [9.17, 15) is 19.5 Å². The van der Waals surface area contributed by atoms with Crippen LogP contribution in [0.25, 0.3) is 10.8 Å². The second kappa shape index (κ2) is 13.3. The third kappa shape index (κ3) is 7.96. The monoisotopic (exact) mass is 591 g/mol. The zero-order chi connectivity index (χ0) is 32.0. The summed E-state index contributed by atoms with van der Waals surface area (Å²) < 4.78 is 5.44. The summed E-state index contributed by atoms with van der Waals surface area (Å²) in [6.07, 6.45) is 5.21. The number of aryl methyl sites for hydroxylation is 2. The van der Waals surface area contributed by atoms with Gasteiger partial charge in [-0.3, -0.25) is 14.5 Å². The molecule has 4 aromatic carbocycles. The number of nitrogens with zero attached hydrogens (tertiary/aromatic N) is 1. The molecular weight excluding hydrogens is 554 g/mol. The zero-order valence-corrected chi connectivity index (χ0v) is 25.5. The quantitative estimate of drug-likeness (QED) is 0.162. The zero-order valence-electron chi connectivity index (χ0n) is 25.5. The van der Waals surface area contributed by atoms with Gasteiger partial charge in [0.1, 0.15) is 23.4 Å². The maximum atomic E-state index is 14.3. The molecular formula is C36H37N3O5. The molecule has 0 aromatic heterocycles. The van der Waals surface area contributed by atoms with Gasteiger partial charge in [0.05, 0.1) is 0 Å². The van der Waals surface area contributed by atoms with Crippen molar-refractivity contribution in [2.24, 2.45) is 0 Å². The van der Waals surface area contributed by atoms with Crippen LogP contribution in [-0.4, -0.2) is 39.6 Å². The Morgan fingerprint density at radius 1 is 0.932 bits per heavy atom. The van der Waals surface area contributed by atoms with Gasteiger partial charge in [-0.1, -0.05) is 72.7 Å². The number of amides is 3. The molecule has 2 unspecified atom stereocenters. The fourth-order valence-corrected chi connectivity index (χ4v) is 4.88. The van der Waals surface area contributed by atoms with E-state index in [0.29, 0.717) is 16.8 Å². The molecule has 0 saturated carbocycles. The van der Waals surface area contributed by atoms with Crippen molar-refractivity contribution >= 4 is 34.4 Å². The van der Waals surface area contributed by atoms with Gasteiger partial charge in [0.25, 0.3) is 11.8 Å². The Morgan fingerprint density at radius 3 is 2.27 bits per heavy atom. The van der Waals surface area contributed by atoms with Gasteiger partial charge < -0.3 is 20.5 Å². The molecule has 8 heteroatoms. The number of carbonyl (C=O) groups is 3. The number of phenols is 1. The summed E-state index contributed by atoms with van der Waals surface area (Å²) in [6, 6.07) is 25.2. The lowest BCUT2D eigenvalue weighted by atomic mass is 9.95. The molecule has 3 amide bonds. The number of alkyl carbamates (subject to hydrolysis) is 1. The van der Waals surface area contributed by atoms with Crippen LogP contribution < -0.4 is 10.6 Å². The molecule has 8 nitrogen and oxygen atoms in total. The highest BCUT2D eigenvalue weighted by molar-refractivity contribution is 6.01. The largest absolute Gasteiger partial charge is 0.508 e. The standard InChI is InChI=1S/C36H37N3O5/c1-7-39(34(42)31(38-35(43)44-36(4,5)6)21-25-14-18-29(40)19-15-25)32(30-20-23(2)12-13-24(30)3)33(41)37-28-17-16-26-10-8-9-11-27(26)22-28/h1,8-20,22,31-32,40H,21H2,2-6H3,(H,37,41)(H,38,43). The van der Waals surface area contributed by atoms with E-state index in [0.717, 1.165) is 26.8 Å². The fourth-order valence-electron chi connectivity index (χ4n) is 4.88. The predicted octanol–water partition coefficient (Wildman–Crippen LogP) is 6.40. The lowest BCUT2D eigenvalue weighted by molar-refractivity contribution is -0.136. The first-order chi connectivity index (χ1) is 20.8. The first-order valence-electron chi connectivity index (χ1n) is 14.3. The molecule has 4 rings (SSSR count). The Bertz CT molecular complexity index is 1720. The number of rotatable bonds is 8. The molecule has 0 fully saturated rings. The number of aromatic hydroxyl groups is 1. The Morgan fingerprint density at radius 2 is 1.61 bits per heavy atom. The highest BCUT2D eigenvalue weighted by Gasteiger charge is 2.37. The SMILES string of the molecule is C#CN(C(=O)C(Cc1ccc(O)cc1)NC(=O)OC(C)(C)C)C(C(=O)Nc1ccc2ccccc2c1)c1cc(C)ccc1C. The number of hydrogen-bond donors (Lipinski definition) is 3. The van der Waals surface area contributed by atoms with Crippen LogP contribution >= 0.6 is 0 Å². The van der Waals surface area contributed by atoms with Crippen molar-refractivity contribution in [3.05, 3.63) is 107 Å². The van der Waals surface area contributed by atoms with Gasteiger partial charge in [-0.15, -0.1) is 0 Å². The molecule has 0 radical (unpaired) electrons. The number of fused-ring (bicyclic) bond motifs is 1. The average molecular weight is 592 g/mol. The summed E-state index contributed by atoms with van der Waals surface area (Å²) in [5, 5.41) is 17.3. The molecule has 0 saturated heterocycles. The molecule has 0 heterocycles. The number of phenolic OH excluding ortho intramolecular Hbond substituents is 1. The Kier molecular flexibility index (Phi) is 9.60. The molecule has 44 heavy (non-hydrogen) atoms. The van der Waals surface area contributed by atoms with E-state index in [1.165, 1.54) is 12.1 Å². The smallest absolute Gasteiger partial charge is 0.408 e. The maximum Gasteiger partial charge on any atom is 0.408 e. The summed E-state index contributed by atoms with van der Waals surface area (Å²) >= 11 is 0. The molecule has 2 atom stereocenters. The number of anilines is 1. The van der Waals surface area contributed by atoms with Crippen LogP contribution in [-0.2, 0) is 20.7 Å². The van der Waals surface area contributed by atoms with E-state index >= 15 is 0 Å². The molecule has 0 aliphatic rings. The van der Waals surface area contributed by atoms with Crippen molar-refractivity contribution < 1.29 is 24.2 Å². The number of ether oxygens (including phenoxy) is 1. The van der Waals surface area contributed by atoms with Crippen molar-refractivity contribution in [3.8, 4) is 18.2 Å². The van der Waals surface area contributed by atoms with Gasteiger partial charge in [-0.2, -0.15) is 0 Å². The van der Waals surface area contributed by atoms with Crippen LogP contribution in [0.2, 0.25) is 0 Å². The Hall–Kier alpha value is -5.29. The van der Waals surface area contributed by atoms with Crippen molar-refractivity contribution in [1.82, 2.24) is 10.2 Å². The van der Waals surface area contributed by atoms with Crippen LogP contribution in [0.3, 0.4) is 0 Å². The topological polar surface area (TPSA) is 108 Å². The third-order valence-corrected chi connectivity index (χ3v) is 6.99. The third-order valence-electron chi connectivity index (χ3n) is 6.99. The molecule has 226 valence electrons.